The molecule has 0 saturated heterocycles. The third kappa shape index (κ3) is 5.51. The van der Waals surface area contributed by atoms with E-state index < -0.39 is 0 Å². The Balaban J connectivity index is 1.74. The van der Waals surface area contributed by atoms with Crippen LogP contribution in [0.4, 0.5) is 0 Å². The molecule has 2 aromatic rings. The number of hydrogen-bond acceptors (Lipinski definition) is 3. The predicted octanol–water partition coefficient (Wildman–Crippen LogP) is 5.94. The third-order valence-electron chi connectivity index (χ3n) is 5.92. The number of benzene rings is 2. The van der Waals surface area contributed by atoms with E-state index in [1.54, 1.807) is 0 Å². The summed E-state index contributed by atoms with van der Waals surface area (Å²) in [5.74, 6) is 2.19. The van der Waals surface area contributed by atoms with Crippen LogP contribution in [-0.2, 0) is 6.54 Å². The maximum atomic E-state index is 10.2. The van der Waals surface area contributed by atoms with Crippen molar-refractivity contribution in [3.05, 3.63) is 59.2 Å². The van der Waals surface area contributed by atoms with Crippen molar-refractivity contribution in [2.45, 2.75) is 71.4 Å². The molecule has 1 saturated carbocycles. The lowest BCUT2D eigenvalue weighted by molar-refractivity contribution is 0.104. The molecule has 1 aliphatic rings. The molecule has 0 bridgehead atoms. The van der Waals surface area contributed by atoms with Crippen LogP contribution >= 0.6 is 0 Å². The van der Waals surface area contributed by atoms with Gasteiger partial charge < -0.3 is 15.2 Å². The Labute approximate surface area is 170 Å². The van der Waals surface area contributed by atoms with Crippen molar-refractivity contribution in [2.24, 2.45) is 5.92 Å². The molecule has 1 atom stereocenters. The molecule has 0 radical (unpaired) electrons. The lowest BCUT2D eigenvalue weighted by Gasteiger charge is -2.32. The van der Waals surface area contributed by atoms with Crippen LogP contribution in [0.5, 0.6) is 11.5 Å². The Bertz CT molecular complexity index is 736. The van der Waals surface area contributed by atoms with Crippen LogP contribution in [-0.4, -0.2) is 17.8 Å². The molecule has 1 unspecified atom stereocenters. The molecule has 28 heavy (non-hydrogen) atoms. The van der Waals surface area contributed by atoms with Crippen LogP contribution in [0, 0.1) is 12.8 Å². The molecule has 0 amide bonds. The first-order valence-corrected chi connectivity index (χ1v) is 10.8. The number of nitrogens with one attached hydrogen (secondary N) is 1. The number of phenols is 1. The summed E-state index contributed by atoms with van der Waals surface area (Å²) in [4.78, 5) is 0. The third-order valence-corrected chi connectivity index (χ3v) is 5.92. The van der Waals surface area contributed by atoms with E-state index in [0.29, 0.717) is 17.6 Å². The van der Waals surface area contributed by atoms with Crippen molar-refractivity contribution < 1.29 is 9.84 Å². The first-order chi connectivity index (χ1) is 13.5. The summed E-state index contributed by atoms with van der Waals surface area (Å²) in [6, 6.07) is 14.4. The summed E-state index contributed by atoms with van der Waals surface area (Å²) in [5, 5.41) is 13.8. The highest BCUT2D eigenvalue weighted by Gasteiger charge is 2.26. The number of hydrogen-bond donors (Lipinski definition) is 2. The van der Waals surface area contributed by atoms with E-state index in [0.717, 1.165) is 30.0 Å². The zero-order valence-electron chi connectivity index (χ0n) is 17.6. The van der Waals surface area contributed by atoms with E-state index in [9.17, 15) is 5.11 Å². The monoisotopic (exact) mass is 381 g/mol. The summed E-state index contributed by atoms with van der Waals surface area (Å²) in [6.45, 7) is 7.95. The van der Waals surface area contributed by atoms with Gasteiger partial charge in [-0.2, -0.15) is 0 Å². The highest BCUT2D eigenvalue weighted by molar-refractivity contribution is 5.46. The summed E-state index contributed by atoms with van der Waals surface area (Å²) in [7, 11) is 0. The molecule has 0 aliphatic heterocycles. The molecule has 1 aliphatic carbocycles. The Hall–Kier alpha value is -2.00. The van der Waals surface area contributed by atoms with Crippen molar-refractivity contribution in [3.63, 3.8) is 0 Å². The van der Waals surface area contributed by atoms with Gasteiger partial charge in [-0.05, 0) is 54.9 Å². The van der Waals surface area contributed by atoms with Crippen molar-refractivity contribution in [1.29, 1.82) is 0 Å². The lowest BCUT2D eigenvalue weighted by atomic mass is 9.85. The van der Waals surface area contributed by atoms with Gasteiger partial charge in [0.25, 0.3) is 0 Å². The Kier molecular flexibility index (Phi) is 7.38. The topological polar surface area (TPSA) is 41.5 Å². The van der Waals surface area contributed by atoms with Gasteiger partial charge in [-0.15, -0.1) is 0 Å². The lowest BCUT2D eigenvalue weighted by Crippen LogP contribution is -2.38. The maximum Gasteiger partial charge on any atom is 0.123 e. The molecule has 3 nitrogen and oxygen atoms in total. The summed E-state index contributed by atoms with van der Waals surface area (Å²) >= 11 is 0. The predicted molar refractivity (Wildman–Crippen MR) is 116 cm³/mol. The van der Waals surface area contributed by atoms with Crippen molar-refractivity contribution in [3.8, 4) is 11.5 Å². The summed E-state index contributed by atoms with van der Waals surface area (Å²) < 4.78 is 6.65. The van der Waals surface area contributed by atoms with Gasteiger partial charge in [0.1, 0.15) is 17.6 Å². The largest absolute Gasteiger partial charge is 0.508 e. The van der Waals surface area contributed by atoms with Crippen molar-refractivity contribution in [1.82, 2.24) is 5.32 Å². The second-order valence-electron chi connectivity index (χ2n) is 8.50. The first kappa shape index (κ1) is 20.7. The minimum Gasteiger partial charge on any atom is -0.508 e. The average molecular weight is 382 g/mol. The van der Waals surface area contributed by atoms with Gasteiger partial charge in [-0.25, -0.2) is 0 Å². The van der Waals surface area contributed by atoms with Gasteiger partial charge in [0.2, 0.25) is 0 Å². The molecule has 0 aromatic heterocycles. The molecule has 1 fully saturated rings. The Morgan fingerprint density at radius 3 is 2.46 bits per heavy atom. The zero-order chi connectivity index (χ0) is 19.9. The highest BCUT2D eigenvalue weighted by Crippen LogP contribution is 2.35. The Morgan fingerprint density at radius 2 is 1.79 bits per heavy atom. The molecule has 152 valence electrons. The van der Waals surface area contributed by atoms with Gasteiger partial charge in [0, 0.05) is 18.7 Å². The van der Waals surface area contributed by atoms with Gasteiger partial charge in [0.15, 0.2) is 0 Å². The van der Waals surface area contributed by atoms with E-state index in [2.05, 4.69) is 49.5 Å². The van der Waals surface area contributed by atoms with E-state index >= 15 is 0 Å². The standard InChI is InChI=1S/C25H35NO2/c1-18(2)22-15-23(27)19(3)14-24(22)28-25(21-12-8-5-9-13-21)17-26-16-20-10-6-4-7-11-20/h4,6-7,10-11,14-15,18,21,25-27H,5,8-9,12-13,16-17H2,1-3H3. The van der Waals surface area contributed by atoms with Crippen molar-refractivity contribution >= 4 is 0 Å². The maximum absolute atomic E-state index is 10.2. The molecule has 3 rings (SSSR count). The zero-order valence-corrected chi connectivity index (χ0v) is 17.6. The minimum absolute atomic E-state index is 0.158. The average Bonchev–Trinajstić information content (AvgIpc) is 2.71. The smallest absolute Gasteiger partial charge is 0.123 e. The number of rotatable bonds is 8. The van der Waals surface area contributed by atoms with Crippen LogP contribution in [0.2, 0.25) is 0 Å². The first-order valence-electron chi connectivity index (χ1n) is 10.8. The molecule has 0 heterocycles. The Morgan fingerprint density at radius 1 is 1.07 bits per heavy atom. The highest BCUT2D eigenvalue weighted by atomic mass is 16.5. The second kappa shape index (κ2) is 9.97. The molecular weight excluding hydrogens is 346 g/mol. The van der Waals surface area contributed by atoms with E-state index in [4.69, 9.17) is 4.74 Å². The molecule has 0 spiro atoms. The normalized spacial score (nSPS) is 16.3. The fourth-order valence-electron chi connectivity index (χ4n) is 4.17. The SMILES string of the molecule is Cc1cc(OC(CNCc2ccccc2)C2CCCCC2)c(C(C)C)cc1O. The molecule has 2 aromatic carbocycles. The van der Waals surface area contributed by atoms with E-state index in [1.807, 2.05) is 19.1 Å². The summed E-state index contributed by atoms with van der Waals surface area (Å²) in [5.41, 5.74) is 3.26. The number of phenolic OH excluding ortho intramolecular Hbond substituents is 1. The van der Waals surface area contributed by atoms with Crippen molar-refractivity contribution in [2.75, 3.05) is 6.54 Å². The minimum atomic E-state index is 0.158. The van der Waals surface area contributed by atoms with Gasteiger partial charge in [-0.1, -0.05) is 63.4 Å². The summed E-state index contributed by atoms with van der Waals surface area (Å²) in [6.07, 6.45) is 6.59. The van der Waals surface area contributed by atoms with Crippen LogP contribution in [0.15, 0.2) is 42.5 Å². The molecular formula is C25H35NO2. The number of aryl methyl sites for hydroxylation is 1. The number of ether oxygens (including phenoxy) is 1. The second-order valence-corrected chi connectivity index (χ2v) is 8.50. The molecule has 2 N–H and O–H groups in total. The van der Waals surface area contributed by atoms with Crippen LogP contribution < -0.4 is 10.1 Å². The fourth-order valence-corrected chi connectivity index (χ4v) is 4.17. The number of aromatic hydroxyl groups is 1. The van der Waals surface area contributed by atoms with Gasteiger partial charge in [0.05, 0.1) is 0 Å². The van der Waals surface area contributed by atoms with Crippen LogP contribution in [0.3, 0.4) is 0 Å². The van der Waals surface area contributed by atoms with Gasteiger partial charge >= 0.3 is 0 Å². The van der Waals surface area contributed by atoms with Crippen LogP contribution in [0.25, 0.3) is 0 Å². The van der Waals surface area contributed by atoms with E-state index in [-0.39, 0.29) is 6.10 Å². The van der Waals surface area contributed by atoms with Gasteiger partial charge in [-0.3, -0.25) is 0 Å². The van der Waals surface area contributed by atoms with E-state index in [1.165, 1.54) is 37.7 Å². The molecule has 3 heteroatoms. The quantitative estimate of drug-likeness (QED) is 0.594. The fraction of sp³-hybridized carbons (Fsp3) is 0.520. The van der Waals surface area contributed by atoms with Crippen LogP contribution in [0.1, 0.15) is 68.6 Å².